The maximum atomic E-state index is 12.5. The summed E-state index contributed by atoms with van der Waals surface area (Å²) in [4.78, 5) is 26.6. The Balaban J connectivity index is 2.03. The maximum absolute atomic E-state index is 12.5. The fourth-order valence-corrected chi connectivity index (χ4v) is 3.10. The standard InChI is InChI=1S/C22H28N2O3/c1-16(2)19-10-8-18(9-11-19)14-20(15-23)22(26)27-17(3)21(25)24-12-6-4-5-7-13-24/h8-11,14,16-17H,4-7,12-13H2,1-3H3/b20-14+/t17-/m1/s1. The zero-order valence-corrected chi connectivity index (χ0v) is 16.4. The topological polar surface area (TPSA) is 70.4 Å². The van der Waals surface area contributed by atoms with Crippen molar-refractivity contribution in [3.8, 4) is 6.07 Å². The van der Waals surface area contributed by atoms with Gasteiger partial charge >= 0.3 is 5.97 Å². The van der Waals surface area contributed by atoms with Crippen LogP contribution in [-0.2, 0) is 14.3 Å². The molecule has 1 atom stereocenters. The predicted molar refractivity (Wildman–Crippen MR) is 105 cm³/mol. The van der Waals surface area contributed by atoms with Crippen LogP contribution >= 0.6 is 0 Å². The zero-order valence-electron chi connectivity index (χ0n) is 16.4. The summed E-state index contributed by atoms with van der Waals surface area (Å²) in [6.07, 6.45) is 4.79. The van der Waals surface area contributed by atoms with E-state index in [9.17, 15) is 14.9 Å². The van der Waals surface area contributed by atoms with Crippen LogP contribution in [0.5, 0.6) is 0 Å². The number of ether oxygens (including phenoxy) is 1. The summed E-state index contributed by atoms with van der Waals surface area (Å²) in [6, 6.07) is 9.57. The Kier molecular flexibility index (Phi) is 7.60. The highest BCUT2D eigenvalue weighted by Gasteiger charge is 2.25. The highest BCUT2D eigenvalue weighted by Crippen LogP contribution is 2.17. The van der Waals surface area contributed by atoms with Gasteiger partial charge < -0.3 is 9.64 Å². The molecule has 0 spiro atoms. The van der Waals surface area contributed by atoms with Gasteiger partial charge in [-0.25, -0.2) is 4.79 Å². The van der Waals surface area contributed by atoms with Crippen LogP contribution in [0.15, 0.2) is 29.8 Å². The van der Waals surface area contributed by atoms with Crippen LogP contribution in [0.3, 0.4) is 0 Å². The molecule has 0 radical (unpaired) electrons. The summed E-state index contributed by atoms with van der Waals surface area (Å²) in [6.45, 7) is 7.17. The number of carbonyl (C=O) groups excluding carboxylic acids is 2. The minimum atomic E-state index is -0.893. The van der Waals surface area contributed by atoms with Crippen molar-refractivity contribution in [2.45, 2.75) is 58.5 Å². The second-order valence-corrected chi connectivity index (χ2v) is 7.28. The van der Waals surface area contributed by atoms with E-state index in [-0.39, 0.29) is 11.5 Å². The Labute approximate surface area is 161 Å². The number of carbonyl (C=O) groups is 2. The van der Waals surface area contributed by atoms with E-state index in [0.717, 1.165) is 31.2 Å². The van der Waals surface area contributed by atoms with Crippen molar-refractivity contribution in [2.24, 2.45) is 0 Å². The van der Waals surface area contributed by atoms with Crippen molar-refractivity contribution in [2.75, 3.05) is 13.1 Å². The second kappa shape index (κ2) is 9.91. The van der Waals surface area contributed by atoms with Crippen molar-refractivity contribution in [3.05, 3.63) is 41.0 Å². The molecule has 27 heavy (non-hydrogen) atoms. The lowest BCUT2D eigenvalue weighted by Gasteiger charge is -2.23. The fourth-order valence-electron chi connectivity index (χ4n) is 3.10. The lowest BCUT2D eigenvalue weighted by Crippen LogP contribution is -2.40. The van der Waals surface area contributed by atoms with Gasteiger partial charge in [-0.3, -0.25) is 4.79 Å². The summed E-state index contributed by atoms with van der Waals surface area (Å²) in [7, 11) is 0. The molecular weight excluding hydrogens is 340 g/mol. The van der Waals surface area contributed by atoms with E-state index in [1.54, 1.807) is 11.8 Å². The Morgan fingerprint density at radius 2 is 1.67 bits per heavy atom. The zero-order chi connectivity index (χ0) is 19.8. The third kappa shape index (κ3) is 5.96. The number of nitrogens with zero attached hydrogens (tertiary/aromatic N) is 2. The van der Waals surface area contributed by atoms with E-state index in [2.05, 4.69) is 13.8 Å². The molecular formula is C22H28N2O3. The van der Waals surface area contributed by atoms with Crippen molar-refractivity contribution >= 4 is 18.0 Å². The van der Waals surface area contributed by atoms with Gasteiger partial charge in [0.25, 0.3) is 5.91 Å². The molecule has 0 unspecified atom stereocenters. The van der Waals surface area contributed by atoms with E-state index in [4.69, 9.17) is 4.74 Å². The first-order valence-electron chi connectivity index (χ1n) is 9.64. The van der Waals surface area contributed by atoms with Crippen molar-refractivity contribution in [3.63, 3.8) is 0 Å². The van der Waals surface area contributed by atoms with Crippen LogP contribution in [0.2, 0.25) is 0 Å². The minimum absolute atomic E-state index is 0.109. The third-order valence-corrected chi connectivity index (χ3v) is 4.80. The van der Waals surface area contributed by atoms with Crippen LogP contribution in [-0.4, -0.2) is 36.0 Å². The molecule has 1 aliphatic heterocycles. The van der Waals surface area contributed by atoms with Crippen LogP contribution < -0.4 is 0 Å². The smallest absolute Gasteiger partial charge is 0.349 e. The normalized spacial score (nSPS) is 16.4. The first-order valence-corrected chi connectivity index (χ1v) is 9.64. The van der Waals surface area contributed by atoms with Crippen molar-refractivity contribution < 1.29 is 14.3 Å². The molecule has 1 amide bonds. The molecule has 0 N–H and O–H groups in total. The monoisotopic (exact) mass is 368 g/mol. The Hall–Kier alpha value is -2.61. The quantitative estimate of drug-likeness (QED) is 0.446. The lowest BCUT2D eigenvalue weighted by molar-refractivity contribution is -0.155. The van der Waals surface area contributed by atoms with E-state index in [0.29, 0.717) is 19.0 Å². The van der Waals surface area contributed by atoms with E-state index in [1.807, 2.05) is 30.3 Å². The number of hydrogen-bond acceptors (Lipinski definition) is 4. The molecule has 1 fully saturated rings. The Morgan fingerprint density at radius 3 is 2.19 bits per heavy atom. The van der Waals surface area contributed by atoms with Gasteiger partial charge in [0.15, 0.2) is 6.10 Å². The molecule has 1 aromatic carbocycles. The largest absolute Gasteiger partial charge is 0.448 e. The summed E-state index contributed by atoms with van der Waals surface area (Å²) in [5.41, 5.74) is 1.83. The SMILES string of the molecule is CC(C)c1ccc(/C=C(\C#N)C(=O)O[C@H](C)C(=O)N2CCCCCC2)cc1. The van der Waals surface area contributed by atoms with Gasteiger partial charge in [0, 0.05) is 13.1 Å². The van der Waals surface area contributed by atoms with E-state index >= 15 is 0 Å². The van der Waals surface area contributed by atoms with Gasteiger partial charge in [0.2, 0.25) is 0 Å². The predicted octanol–water partition coefficient (Wildman–Crippen LogP) is 4.05. The second-order valence-electron chi connectivity index (χ2n) is 7.28. The molecule has 5 nitrogen and oxygen atoms in total. The molecule has 1 saturated heterocycles. The average Bonchev–Trinajstić information content (AvgIpc) is 2.95. The molecule has 144 valence electrons. The molecule has 2 rings (SSSR count). The fraction of sp³-hybridized carbons (Fsp3) is 0.500. The number of amides is 1. The number of esters is 1. The summed E-state index contributed by atoms with van der Waals surface area (Å²) < 4.78 is 5.27. The van der Waals surface area contributed by atoms with Crippen LogP contribution in [0.25, 0.3) is 6.08 Å². The summed E-state index contributed by atoms with van der Waals surface area (Å²) in [5, 5.41) is 9.32. The van der Waals surface area contributed by atoms with Crippen molar-refractivity contribution in [1.82, 2.24) is 4.90 Å². The summed E-state index contributed by atoms with van der Waals surface area (Å²) >= 11 is 0. The molecule has 0 aliphatic carbocycles. The van der Waals surface area contributed by atoms with E-state index in [1.165, 1.54) is 11.6 Å². The first kappa shape index (κ1) is 20.7. The number of likely N-dealkylation sites (tertiary alicyclic amines) is 1. The molecule has 1 aromatic rings. The van der Waals surface area contributed by atoms with Gasteiger partial charge in [0.05, 0.1) is 0 Å². The van der Waals surface area contributed by atoms with Gasteiger partial charge in [-0.15, -0.1) is 0 Å². The van der Waals surface area contributed by atoms with Gasteiger partial charge in [-0.05, 0) is 42.9 Å². The number of rotatable bonds is 5. The minimum Gasteiger partial charge on any atom is -0.448 e. The highest BCUT2D eigenvalue weighted by atomic mass is 16.5. The number of benzene rings is 1. The van der Waals surface area contributed by atoms with Gasteiger partial charge in [-0.2, -0.15) is 5.26 Å². The molecule has 1 heterocycles. The number of hydrogen-bond donors (Lipinski definition) is 0. The van der Waals surface area contributed by atoms with Gasteiger partial charge in [-0.1, -0.05) is 51.0 Å². The van der Waals surface area contributed by atoms with Crippen LogP contribution in [0, 0.1) is 11.3 Å². The summed E-state index contributed by atoms with van der Waals surface area (Å²) in [5.74, 6) is -0.542. The molecule has 0 saturated carbocycles. The molecule has 0 bridgehead atoms. The third-order valence-electron chi connectivity index (χ3n) is 4.80. The molecule has 0 aromatic heterocycles. The average molecular weight is 368 g/mol. The van der Waals surface area contributed by atoms with Crippen LogP contribution in [0.1, 0.15) is 63.5 Å². The first-order chi connectivity index (χ1) is 12.9. The highest BCUT2D eigenvalue weighted by molar-refractivity contribution is 5.99. The Bertz CT molecular complexity index is 721. The van der Waals surface area contributed by atoms with Gasteiger partial charge in [0.1, 0.15) is 11.6 Å². The Morgan fingerprint density at radius 1 is 1.07 bits per heavy atom. The lowest BCUT2D eigenvalue weighted by atomic mass is 10.0. The molecule has 5 heteroatoms. The van der Waals surface area contributed by atoms with E-state index < -0.39 is 12.1 Å². The van der Waals surface area contributed by atoms with Crippen molar-refractivity contribution in [1.29, 1.82) is 5.26 Å². The number of nitriles is 1. The van der Waals surface area contributed by atoms with Crippen LogP contribution in [0.4, 0.5) is 0 Å². The maximum Gasteiger partial charge on any atom is 0.349 e. The molecule has 1 aliphatic rings.